The van der Waals surface area contributed by atoms with Crippen molar-refractivity contribution in [2.75, 3.05) is 0 Å². The van der Waals surface area contributed by atoms with E-state index < -0.39 is 18.0 Å². The van der Waals surface area contributed by atoms with Gasteiger partial charge in [-0.25, -0.2) is 9.18 Å². The van der Waals surface area contributed by atoms with Gasteiger partial charge in [-0.05, 0) is 36.1 Å². The van der Waals surface area contributed by atoms with E-state index >= 15 is 0 Å². The summed E-state index contributed by atoms with van der Waals surface area (Å²) < 4.78 is 13.2. The van der Waals surface area contributed by atoms with Gasteiger partial charge in [-0.15, -0.1) is 0 Å². The third-order valence-electron chi connectivity index (χ3n) is 4.24. The zero-order valence-corrected chi connectivity index (χ0v) is 13.7. The molecule has 0 heterocycles. The van der Waals surface area contributed by atoms with Crippen LogP contribution in [0.2, 0.25) is 0 Å². The van der Waals surface area contributed by atoms with Crippen LogP contribution in [0, 0.1) is 5.82 Å². The summed E-state index contributed by atoms with van der Waals surface area (Å²) in [7, 11) is 0. The predicted octanol–water partition coefficient (Wildman–Crippen LogP) is 2.73. The quantitative estimate of drug-likeness (QED) is 0.848. The van der Waals surface area contributed by atoms with Gasteiger partial charge in [0.1, 0.15) is 11.9 Å². The molecule has 2 aromatic rings. The molecule has 25 heavy (non-hydrogen) atoms. The number of nitrogens with one attached hydrogen (secondary N) is 1. The molecule has 3 N–H and O–H groups in total. The van der Waals surface area contributed by atoms with Crippen LogP contribution >= 0.6 is 0 Å². The lowest BCUT2D eigenvalue weighted by molar-refractivity contribution is -0.126. The maximum Gasteiger partial charge on any atom is 0.318 e. The highest BCUT2D eigenvalue weighted by atomic mass is 19.1. The number of hydrogen-bond acceptors (Lipinski definition) is 3. The number of amides is 3. The molecule has 0 spiro atoms. The van der Waals surface area contributed by atoms with Crippen molar-refractivity contribution in [3.63, 3.8) is 0 Å². The van der Waals surface area contributed by atoms with Gasteiger partial charge in [-0.3, -0.25) is 15.0 Å². The normalized spacial score (nSPS) is 15.0. The summed E-state index contributed by atoms with van der Waals surface area (Å²) in [5.74, 6) is -0.750. The third kappa shape index (κ3) is 4.42. The van der Waals surface area contributed by atoms with Crippen LogP contribution in [0.25, 0.3) is 0 Å². The highest BCUT2D eigenvalue weighted by molar-refractivity contribution is 5.96. The molecule has 3 rings (SSSR count). The zero-order chi connectivity index (χ0) is 17.8. The molecular formula is C19H20FN3O2. The Morgan fingerprint density at radius 2 is 1.76 bits per heavy atom. The number of primary amides is 1. The van der Waals surface area contributed by atoms with E-state index in [0.717, 1.165) is 24.0 Å². The summed E-state index contributed by atoms with van der Waals surface area (Å²) in [6.07, 6.45) is 1.96. The van der Waals surface area contributed by atoms with E-state index in [9.17, 15) is 14.0 Å². The number of nitrogens with two attached hydrogens (primary N) is 1. The van der Waals surface area contributed by atoms with Crippen molar-refractivity contribution in [1.29, 1.82) is 0 Å². The molecule has 2 aromatic carbocycles. The number of imide groups is 1. The Labute approximate surface area is 145 Å². The molecular weight excluding hydrogens is 321 g/mol. The van der Waals surface area contributed by atoms with E-state index in [-0.39, 0.29) is 11.9 Å². The van der Waals surface area contributed by atoms with Crippen molar-refractivity contribution < 1.29 is 14.0 Å². The van der Waals surface area contributed by atoms with Crippen LogP contribution in [0.1, 0.15) is 30.0 Å². The third-order valence-corrected chi connectivity index (χ3v) is 4.24. The number of halogens is 1. The summed E-state index contributed by atoms with van der Waals surface area (Å²) in [5, 5.41) is 2.20. The van der Waals surface area contributed by atoms with Crippen LogP contribution < -0.4 is 11.1 Å². The molecule has 130 valence electrons. The highest BCUT2D eigenvalue weighted by Gasteiger charge is 2.38. The molecule has 1 saturated carbocycles. The van der Waals surface area contributed by atoms with Gasteiger partial charge in [-0.2, -0.15) is 0 Å². The number of hydrogen-bond donors (Lipinski definition) is 2. The van der Waals surface area contributed by atoms with Crippen molar-refractivity contribution >= 4 is 11.9 Å². The fraction of sp³-hybridized carbons (Fsp3) is 0.263. The molecule has 1 fully saturated rings. The van der Waals surface area contributed by atoms with Gasteiger partial charge in [0.05, 0.1) is 0 Å². The lowest BCUT2D eigenvalue weighted by Gasteiger charge is -2.31. The fourth-order valence-corrected chi connectivity index (χ4v) is 2.96. The molecule has 1 aliphatic carbocycles. The molecule has 6 heteroatoms. The molecule has 1 aliphatic rings. The summed E-state index contributed by atoms with van der Waals surface area (Å²) in [4.78, 5) is 25.9. The number of carbonyl (C=O) groups is 2. The lowest BCUT2D eigenvalue weighted by Crippen LogP contribution is -2.45. The summed E-state index contributed by atoms with van der Waals surface area (Å²) in [5.41, 5.74) is 6.83. The number of rotatable bonds is 6. The van der Waals surface area contributed by atoms with E-state index in [1.165, 1.54) is 12.1 Å². The van der Waals surface area contributed by atoms with Gasteiger partial charge in [-0.1, -0.05) is 42.5 Å². The van der Waals surface area contributed by atoms with Crippen molar-refractivity contribution in [3.05, 3.63) is 71.5 Å². The van der Waals surface area contributed by atoms with Crippen molar-refractivity contribution in [3.8, 4) is 0 Å². The van der Waals surface area contributed by atoms with Gasteiger partial charge in [0, 0.05) is 12.6 Å². The van der Waals surface area contributed by atoms with Crippen LogP contribution in [0.15, 0.2) is 54.6 Å². The first-order valence-corrected chi connectivity index (χ1v) is 8.20. The smallest absolute Gasteiger partial charge is 0.318 e. The zero-order valence-electron chi connectivity index (χ0n) is 13.7. The molecule has 0 aromatic heterocycles. The van der Waals surface area contributed by atoms with Crippen molar-refractivity contribution in [2.45, 2.75) is 31.5 Å². The van der Waals surface area contributed by atoms with E-state index in [2.05, 4.69) is 5.32 Å². The fourth-order valence-electron chi connectivity index (χ4n) is 2.96. The minimum atomic E-state index is -0.872. The second-order valence-corrected chi connectivity index (χ2v) is 6.20. The first kappa shape index (κ1) is 17.1. The Morgan fingerprint density at radius 1 is 1.12 bits per heavy atom. The Balaban J connectivity index is 1.91. The molecule has 3 amide bonds. The van der Waals surface area contributed by atoms with Crippen LogP contribution in [-0.2, 0) is 11.3 Å². The molecule has 0 bridgehead atoms. The van der Waals surface area contributed by atoms with Gasteiger partial charge >= 0.3 is 6.03 Å². The summed E-state index contributed by atoms with van der Waals surface area (Å²) in [6, 6.07) is 14.2. The molecule has 0 saturated heterocycles. The van der Waals surface area contributed by atoms with E-state index in [1.54, 1.807) is 12.1 Å². The summed E-state index contributed by atoms with van der Waals surface area (Å²) >= 11 is 0. The monoisotopic (exact) mass is 341 g/mol. The van der Waals surface area contributed by atoms with Crippen molar-refractivity contribution in [2.24, 2.45) is 5.73 Å². The maximum atomic E-state index is 13.2. The average Bonchev–Trinajstić information content (AvgIpc) is 3.41. The molecule has 0 unspecified atom stereocenters. The minimum absolute atomic E-state index is 0.244. The van der Waals surface area contributed by atoms with Crippen LogP contribution in [0.3, 0.4) is 0 Å². The van der Waals surface area contributed by atoms with Gasteiger partial charge in [0.15, 0.2) is 0 Å². The number of urea groups is 1. The molecule has 1 atom stereocenters. The maximum absolute atomic E-state index is 13.2. The van der Waals surface area contributed by atoms with Crippen LogP contribution in [-0.4, -0.2) is 22.9 Å². The van der Waals surface area contributed by atoms with E-state index in [4.69, 9.17) is 5.73 Å². The van der Waals surface area contributed by atoms with Gasteiger partial charge in [0.2, 0.25) is 5.91 Å². The molecule has 0 radical (unpaired) electrons. The van der Waals surface area contributed by atoms with Gasteiger partial charge in [0.25, 0.3) is 0 Å². The number of nitrogens with zero attached hydrogens (tertiary/aromatic N) is 1. The Morgan fingerprint density at radius 3 is 2.32 bits per heavy atom. The Kier molecular flexibility index (Phi) is 5.09. The second-order valence-electron chi connectivity index (χ2n) is 6.20. The van der Waals surface area contributed by atoms with Crippen LogP contribution in [0.5, 0.6) is 0 Å². The molecule has 0 aliphatic heterocycles. The Hall–Kier alpha value is -2.73. The number of carbonyl (C=O) groups excluding carboxylic acids is 2. The van der Waals surface area contributed by atoms with Crippen molar-refractivity contribution in [1.82, 2.24) is 10.2 Å². The largest absolute Gasteiger partial charge is 0.351 e. The second kappa shape index (κ2) is 7.44. The van der Waals surface area contributed by atoms with E-state index in [1.807, 2.05) is 35.2 Å². The average molecular weight is 341 g/mol. The van der Waals surface area contributed by atoms with E-state index in [0.29, 0.717) is 6.54 Å². The number of benzene rings is 2. The standard InChI is InChI=1S/C19H20FN3O2/c20-15-8-6-13(7-9-15)12-23(16-10-11-16)17(18(24)22-19(21)25)14-4-2-1-3-5-14/h1-9,16-17H,10-12H2,(H3,21,22,24,25)/t17-/m0/s1. The molecule has 5 nitrogen and oxygen atoms in total. The minimum Gasteiger partial charge on any atom is -0.351 e. The summed E-state index contributed by atoms with van der Waals surface area (Å²) in [6.45, 7) is 0.483. The first-order chi connectivity index (χ1) is 12.0. The SMILES string of the molecule is NC(=O)NC(=O)[C@H](c1ccccc1)N(Cc1ccc(F)cc1)C1CC1. The topological polar surface area (TPSA) is 75.4 Å². The predicted molar refractivity (Wildman–Crippen MR) is 91.9 cm³/mol. The van der Waals surface area contributed by atoms with Crippen LogP contribution in [0.4, 0.5) is 9.18 Å². The lowest BCUT2D eigenvalue weighted by atomic mass is 10.0. The first-order valence-electron chi connectivity index (χ1n) is 8.20. The Bertz CT molecular complexity index is 745. The van der Waals surface area contributed by atoms with Gasteiger partial charge < -0.3 is 5.73 Å². The highest BCUT2D eigenvalue weighted by Crippen LogP contribution is 2.36.